The van der Waals surface area contributed by atoms with Gasteiger partial charge in [-0.15, -0.1) is 5.10 Å². The van der Waals surface area contributed by atoms with Crippen molar-refractivity contribution in [3.8, 4) is 0 Å². The summed E-state index contributed by atoms with van der Waals surface area (Å²) >= 11 is 0. The number of fused-ring (bicyclic) bond motifs is 1. The SMILES string of the molecule is Cc1ccc(N2CC[C@@H]3O[C@@H](COCc4ccccn4)CC[C@@H]32)nn1. The van der Waals surface area contributed by atoms with Gasteiger partial charge in [0.15, 0.2) is 5.82 Å². The number of pyridine rings is 1. The van der Waals surface area contributed by atoms with E-state index in [0.29, 0.717) is 19.3 Å². The zero-order chi connectivity index (χ0) is 17.1. The Morgan fingerprint density at radius 2 is 2.12 bits per heavy atom. The Hall–Kier alpha value is -2.05. The molecule has 2 aromatic rings. The van der Waals surface area contributed by atoms with Crippen LogP contribution in [0, 0.1) is 6.92 Å². The Labute approximate surface area is 148 Å². The molecule has 0 aliphatic carbocycles. The summed E-state index contributed by atoms with van der Waals surface area (Å²) in [5.74, 6) is 0.964. The van der Waals surface area contributed by atoms with Crippen molar-refractivity contribution in [1.82, 2.24) is 15.2 Å². The maximum absolute atomic E-state index is 6.29. The van der Waals surface area contributed by atoms with Crippen molar-refractivity contribution in [2.24, 2.45) is 0 Å². The minimum absolute atomic E-state index is 0.175. The van der Waals surface area contributed by atoms with Crippen LogP contribution in [0.4, 0.5) is 5.82 Å². The van der Waals surface area contributed by atoms with E-state index in [1.807, 2.05) is 31.2 Å². The molecule has 2 aromatic heterocycles. The van der Waals surface area contributed by atoms with Gasteiger partial charge in [0, 0.05) is 12.7 Å². The first-order valence-corrected chi connectivity index (χ1v) is 9.00. The third kappa shape index (κ3) is 3.80. The number of aryl methyl sites for hydroxylation is 1. The van der Waals surface area contributed by atoms with Crippen LogP contribution in [0.15, 0.2) is 36.5 Å². The Morgan fingerprint density at radius 3 is 2.92 bits per heavy atom. The molecule has 2 fully saturated rings. The van der Waals surface area contributed by atoms with Gasteiger partial charge < -0.3 is 14.4 Å². The molecule has 3 atom stereocenters. The van der Waals surface area contributed by atoms with E-state index < -0.39 is 0 Å². The van der Waals surface area contributed by atoms with Crippen molar-refractivity contribution in [2.75, 3.05) is 18.1 Å². The minimum atomic E-state index is 0.175. The van der Waals surface area contributed by atoms with E-state index in [0.717, 1.165) is 43.0 Å². The largest absolute Gasteiger partial charge is 0.372 e. The molecule has 2 aliphatic rings. The van der Waals surface area contributed by atoms with Gasteiger partial charge in [0.1, 0.15) is 0 Å². The fourth-order valence-corrected chi connectivity index (χ4v) is 3.73. The number of ether oxygens (including phenoxy) is 2. The van der Waals surface area contributed by atoms with E-state index in [9.17, 15) is 0 Å². The topological polar surface area (TPSA) is 60.4 Å². The lowest BCUT2D eigenvalue weighted by molar-refractivity contribution is -0.0891. The average Bonchev–Trinajstić information content (AvgIpc) is 3.06. The first-order valence-electron chi connectivity index (χ1n) is 9.00. The highest BCUT2D eigenvalue weighted by Crippen LogP contribution is 2.34. The lowest BCUT2D eigenvalue weighted by Crippen LogP contribution is -2.44. The number of nitrogens with zero attached hydrogens (tertiary/aromatic N) is 4. The van der Waals surface area contributed by atoms with Crippen LogP contribution in [-0.2, 0) is 16.1 Å². The molecule has 2 saturated heterocycles. The summed E-state index contributed by atoms with van der Waals surface area (Å²) in [7, 11) is 0. The van der Waals surface area contributed by atoms with Gasteiger partial charge in [0.2, 0.25) is 0 Å². The van der Waals surface area contributed by atoms with E-state index in [1.165, 1.54) is 0 Å². The molecule has 0 amide bonds. The molecule has 6 nitrogen and oxygen atoms in total. The maximum atomic E-state index is 6.29. The molecule has 0 N–H and O–H groups in total. The van der Waals surface area contributed by atoms with Crippen LogP contribution in [0.2, 0.25) is 0 Å². The first-order chi connectivity index (χ1) is 12.3. The Kier molecular flexibility index (Phi) is 4.90. The highest BCUT2D eigenvalue weighted by atomic mass is 16.5. The monoisotopic (exact) mass is 340 g/mol. The van der Waals surface area contributed by atoms with E-state index in [4.69, 9.17) is 9.47 Å². The molecule has 0 unspecified atom stereocenters. The molecule has 0 bridgehead atoms. The summed E-state index contributed by atoms with van der Waals surface area (Å²) in [5.41, 5.74) is 1.91. The summed E-state index contributed by atoms with van der Waals surface area (Å²) in [4.78, 5) is 6.63. The molecule has 0 saturated carbocycles. The molecular weight excluding hydrogens is 316 g/mol. The average molecular weight is 340 g/mol. The zero-order valence-electron chi connectivity index (χ0n) is 14.5. The van der Waals surface area contributed by atoms with Gasteiger partial charge >= 0.3 is 0 Å². The van der Waals surface area contributed by atoms with Crippen molar-refractivity contribution in [3.63, 3.8) is 0 Å². The Balaban J connectivity index is 1.29. The number of anilines is 1. The van der Waals surface area contributed by atoms with Crippen LogP contribution in [0.1, 0.15) is 30.7 Å². The standard InChI is InChI=1S/C19H24N4O2/c1-14-5-8-19(22-21-14)23-11-9-18-17(23)7-6-16(25-18)13-24-12-15-4-2-3-10-20-15/h2-5,8,10,16-18H,6-7,9,11-13H2,1H3/t16-,17+,18+/m1/s1. The number of aromatic nitrogens is 3. The molecule has 0 radical (unpaired) electrons. The van der Waals surface area contributed by atoms with Crippen molar-refractivity contribution in [2.45, 2.75) is 51.0 Å². The molecule has 25 heavy (non-hydrogen) atoms. The van der Waals surface area contributed by atoms with Gasteiger partial charge in [0.25, 0.3) is 0 Å². The van der Waals surface area contributed by atoms with Gasteiger partial charge in [-0.2, -0.15) is 5.10 Å². The van der Waals surface area contributed by atoms with Crippen LogP contribution >= 0.6 is 0 Å². The molecular formula is C19H24N4O2. The van der Waals surface area contributed by atoms with E-state index in [1.54, 1.807) is 6.20 Å². The number of hydrogen-bond acceptors (Lipinski definition) is 6. The summed E-state index contributed by atoms with van der Waals surface area (Å²) < 4.78 is 12.1. The lowest BCUT2D eigenvalue weighted by atomic mass is 9.99. The first kappa shape index (κ1) is 16.4. The number of hydrogen-bond donors (Lipinski definition) is 0. The van der Waals surface area contributed by atoms with Gasteiger partial charge in [-0.25, -0.2) is 0 Å². The van der Waals surface area contributed by atoms with Crippen LogP contribution in [0.5, 0.6) is 0 Å². The fourth-order valence-electron chi connectivity index (χ4n) is 3.73. The minimum Gasteiger partial charge on any atom is -0.372 e. The molecule has 4 heterocycles. The second-order valence-electron chi connectivity index (χ2n) is 6.79. The lowest BCUT2D eigenvalue weighted by Gasteiger charge is -2.36. The van der Waals surface area contributed by atoms with Crippen molar-refractivity contribution >= 4 is 5.82 Å². The van der Waals surface area contributed by atoms with Crippen LogP contribution < -0.4 is 4.90 Å². The van der Waals surface area contributed by atoms with Crippen molar-refractivity contribution < 1.29 is 9.47 Å². The normalized spacial score (nSPS) is 25.8. The molecule has 6 heteroatoms. The maximum Gasteiger partial charge on any atom is 0.151 e. The van der Waals surface area contributed by atoms with E-state index >= 15 is 0 Å². The van der Waals surface area contributed by atoms with Gasteiger partial charge in [-0.1, -0.05) is 6.07 Å². The molecule has 0 spiro atoms. The summed E-state index contributed by atoms with van der Waals surface area (Å²) in [6.45, 7) is 4.11. The van der Waals surface area contributed by atoms with Crippen LogP contribution in [0.25, 0.3) is 0 Å². The second-order valence-corrected chi connectivity index (χ2v) is 6.79. The van der Waals surface area contributed by atoms with Gasteiger partial charge in [-0.3, -0.25) is 4.98 Å². The molecule has 2 aliphatic heterocycles. The van der Waals surface area contributed by atoms with Crippen molar-refractivity contribution in [3.05, 3.63) is 47.9 Å². The van der Waals surface area contributed by atoms with Crippen LogP contribution in [0.3, 0.4) is 0 Å². The third-order valence-electron chi connectivity index (χ3n) is 4.99. The third-order valence-corrected chi connectivity index (χ3v) is 4.99. The van der Waals surface area contributed by atoms with Crippen LogP contribution in [-0.4, -0.2) is 46.6 Å². The smallest absolute Gasteiger partial charge is 0.151 e. The molecule has 132 valence electrons. The Morgan fingerprint density at radius 1 is 1.16 bits per heavy atom. The summed E-state index contributed by atoms with van der Waals surface area (Å²) in [6.07, 6.45) is 5.39. The summed E-state index contributed by atoms with van der Waals surface area (Å²) in [5, 5.41) is 8.53. The fraction of sp³-hybridized carbons (Fsp3) is 0.526. The molecule has 0 aromatic carbocycles. The molecule has 4 rings (SSSR count). The van der Waals surface area contributed by atoms with E-state index in [2.05, 4.69) is 26.1 Å². The zero-order valence-corrected chi connectivity index (χ0v) is 14.5. The highest BCUT2D eigenvalue weighted by Gasteiger charge is 2.40. The van der Waals surface area contributed by atoms with Gasteiger partial charge in [-0.05, 0) is 50.5 Å². The second kappa shape index (κ2) is 7.45. The summed E-state index contributed by atoms with van der Waals surface area (Å²) in [6, 6.07) is 10.4. The van der Waals surface area contributed by atoms with Gasteiger partial charge in [0.05, 0.1) is 42.9 Å². The predicted octanol–water partition coefficient (Wildman–Crippen LogP) is 2.52. The predicted molar refractivity (Wildman–Crippen MR) is 94.3 cm³/mol. The van der Waals surface area contributed by atoms with Crippen molar-refractivity contribution in [1.29, 1.82) is 0 Å². The van der Waals surface area contributed by atoms with E-state index in [-0.39, 0.29) is 12.2 Å². The highest BCUT2D eigenvalue weighted by molar-refractivity contribution is 5.41. The number of rotatable bonds is 5. The Bertz CT molecular complexity index is 680. The quantitative estimate of drug-likeness (QED) is 0.833.